The van der Waals surface area contributed by atoms with Gasteiger partial charge < -0.3 is 18.7 Å². The summed E-state index contributed by atoms with van der Waals surface area (Å²) in [6.45, 7) is 8.56. The lowest BCUT2D eigenvalue weighted by Gasteiger charge is -2.33. The standard InChI is InChI=1S/C16H22N4O3/c1-4-22-8-5-13-10-17-15-12(3)19(6-7-20(13)15)16(21)14-9-11(2)18-23-14/h9-10,12H,4-8H2,1-3H3/t12-/m1/s1. The lowest BCUT2D eigenvalue weighted by atomic mass is 10.2. The molecule has 0 radical (unpaired) electrons. The number of rotatable bonds is 5. The molecule has 7 nitrogen and oxygen atoms in total. The lowest BCUT2D eigenvalue weighted by molar-refractivity contribution is 0.0592. The number of imidazole rings is 1. The Morgan fingerprint density at radius 2 is 2.30 bits per heavy atom. The fourth-order valence-electron chi connectivity index (χ4n) is 2.96. The fourth-order valence-corrected chi connectivity index (χ4v) is 2.96. The highest BCUT2D eigenvalue weighted by atomic mass is 16.5. The number of ether oxygens (including phenoxy) is 1. The number of aryl methyl sites for hydroxylation is 1. The van der Waals surface area contributed by atoms with E-state index in [-0.39, 0.29) is 17.7 Å². The average Bonchev–Trinajstić information content (AvgIpc) is 3.15. The van der Waals surface area contributed by atoms with Crippen LogP contribution in [0.25, 0.3) is 0 Å². The molecule has 0 saturated carbocycles. The maximum atomic E-state index is 12.6. The van der Waals surface area contributed by atoms with Gasteiger partial charge in [0, 0.05) is 44.1 Å². The molecule has 3 rings (SSSR count). The summed E-state index contributed by atoms with van der Waals surface area (Å²) < 4.78 is 12.7. The molecule has 7 heteroatoms. The first-order chi connectivity index (χ1) is 11.1. The van der Waals surface area contributed by atoms with Crippen LogP contribution in [0.15, 0.2) is 16.8 Å². The zero-order chi connectivity index (χ0) is 16.4. The van der Waals surface area contributed by atoms with E-state index >= 15 is 0 Å². The average molecular weight is 318 g/mol. The summed E-state index contributed by atoms with van der Waals surface area (Å²) in [5.74, 6) is 1.06. The number of carbonyl (C=O) groups excluding carboxylic acids is 1. The van der Waals surface area contributed by atoms with Gasteiger partial charge in [0.05, 0.1) is 18.3 Å². The number of hydrogen-bond acceptors (Lipinski definition) is 5. The summed E-state index contributed by atoms with van der Waals surface area (Å²) in [7, 11) is 0. The molecule has 124 valence electrons. The van der Waals surface area contributed by atoms with Gasteiger partial charge in [-0.3, -0.25) is 4.79 Å². The van der Waals surface area contributed by atoms with Crippen LogP contribution in [0.4, 0.5) is 0 Å². The Morgan fingerprint density at radius 3 is 3.00 bits per heavy atom. The van der Waals surface area contributed by atoms with Gasteiger partial charge in [-0.1, -0.05) is 5.16 Å². The molecule has 1 amide bonds. The third-order valence-electron chi connectivity index (χ3n) is 4.18. The van der Waals surface area contributed by atoms with E-state index in [1.807, 2.05) is 20.0 Å². The highest BCUT2D eigenvalue weighted by Crippen LogP contribution is 2.27. The smallest absolute Gasteiger partial charge is 0.293 e. The molecule has 0 bridgehead atoms. The molecule has 1 aliphatic heterocycles. The molecular weight excluding hydrogens is 296 g/mol. The van der Waals surface area contributed by atoms with Crippen LogP contribution < -0.4 is 0 Å². The molecule has 0 aliphatic carbocycles. The zero-order valence-corrected chi connectivity index (χ0v) is 13.8. The van der Waals surface area contributed by atoms with E-state index in [0.29, 0.717) is 18.8 Å². The van der Waals surface area contributed by atoms with Crippen LogP contribution in [0.5, 0.6) is 0 Å². The van der Waals surface area contributed by atoms with Crippen molar-refractivity contribution in [3.8, 4) is 0 Å². The van der Waals surface area contributed by atoms with Gasteiger partial charge in [-0.2, -0.15) is 0 Å². The van der Waals surface area contributed by atoms with Crippen molar-refractivity contribution in [3.63, 3.8) is 0 Å². The van der Waals surface area contributed by atoms with Gasteiger partial charge in [-0.05, 0) is 20.8 Å². The Kier molecular flexibility index (Phi) is 4.47. The Labute approximate surface area is 135 Å². The van der Waals surface area contributed by atoms with Crippen molar-refractivity contribution in [1.29, 1.82) is 0 Å². The van der Waals surface area contributed by atoms with Crippen molar-refractivity contribution in [1.82, 2.24) is 19.6 Å². The van der Waals surface area contributed by atoms with Crippen molar-refractivity contribution in [2.24, 2.45) is 0 Å². The summed E-state index contributed by atoms with van der Waals surface area (Å²) in [6, 6.07) is 1.58. The summed E-state index contributed by atoms with van der Waals surface area (Å²) in [5.41, 5.74) is 1.86. The predicted molar refractivity (Wildman–Crippen MR) is 83.1 cm³/mol. The second-order valence-electron chi connectivity index (χ2n) is 5.71. The molecule has 0 spiro atoms. The molecule has 23 heavy (non-hydrogen) atoms. The lowest BCUT2D eigenvalue weighted by Crippen LogP contribution is -2.41. The van der Waals surface area contributed by atoms with E-state index in [9.17, 15) is 4.79 Å². The van der Waals surface area contributed by atoms with E-state index in [2.05, 4.69) is 14.7 Å². The van der Waals surface area contributed by atoms with Crippen LogP contribution in [0.3, 0.4) is 0 Å². The van der Waals surface area contributed by atoms with Crippen LogP contribution in [0.2, 0.25) is 0 Å². The first-order valence-corrected chi connectivity index (χ1v) is 7.98. The highest BCUT2D eigenvalue weighted by molar-refractivity contribution is 5.91. The van der Waals surface area contributed by atoms with Crippen molar-refractivity contribution >= 4 is 5.91 Å². The number of fused-ring (bicyclic) bond motifs is 1. The number of amides is 1. The first kappa shape index (κ1) is 15.7. The maximum absolute atomic E-state index is 12.6. The van der Waals surface area contributed by atoms with Gasteiger partial charge in [-0.25, -0.2) is 4.98 Å². The van der Waals surface area contributed by atoms with Gasteiger partial charge in [-0.15, -0.1) is 0 Å². The minimum absolute atomic E-state index is 0.0949. The number of carbonyl (C=O) groups is 1. The number of hydrogen-bond donors (Lipinski definition) is 0. The van der Waals surface area contributed by atoms with E-state index in [1.54, 1.807) is 17.9 Å². The summed E-state index contributed by atoms with van der Waals surface area (Å²) >= 11 is 0. The van der Waals surface area contributed by atoms with E-state index < -0.39 is 0 Å². The summed E-state index contributed by atoms with van der Waals surface area (Å²) in [5, 5.41) is 3.79. The molecule has 2 aromatic rings. The van der Waals surface area contributed by atoms with Crippen molar-refractivity contribution in [2.45, 2.75) is 39.8 Å². The topological polar surface area (TPSA) is 73.4 Å². The quantitative estimate of drug-likeness (QED) is 0.788. The Balaban J connectivity index is 1.76. The van der Waals surface area contributed by atoms with E-state index in [0.717, 1.165) is 31.1 Å². The third kappa shape index (κ3) is 3.01. The molecule has 2 aromatic heterocycles. The van der Waals surface area contributed by atoms with Gasteiger partial charge in [0.2, 0.25) is 5.76 Å². The van der Waals surface area contributed by atoms with E-state index in [4.69, 9.17) is 9.26 Å². The largest absolute Gasteiger partial charge is 0.381 e. The number of aromatic nitrogens is 3. The van der Waals surface area contributed by atoms with E-state index in [1.165, 1.54) is 0 Å². The monoisotopic (exact) mass is 318 g/mol. The minimum atomic E-state index is -0.136. The predicted octanol–water partition coefficient (Wildman–Crippen LogP) is 1.98. The molecule has 0 fully saturated rings. The normalized spacial score (nSPS) is 17.3. The minimum Gasteiger partial charge on any atom is -0.381 e. The summed E-state index contributed by atoms with van der Waals surface area (Å²) in [4.78, 5) is 18.9. The Hall–Kier alpha value is -2.15. The SMILES string of the molecule is CCOCCc1cnc2n1CCN(C(=O)c1cc(C)no1)[C@@H]2C. The zero-order valence-electron chi connectivity index (χ0n) is 13.8. The van der Waals surface area contributed by atoms with Gasteiger partial charge in [0.15, 0.2) is 0 Å². The van der Waals surface area contributed by atoms with Gasteiger partial charge >= 0.3 is 0 Å². The van der Waals surface area contributed by atoms with Gasteiger partial charge in [0.1, 0.15) is 5.82 Å². The van der Waals surface area contributed by atoms with Crippen molar-refractivity contribution in [2.75, 3.05) is 19.8 Å². The number of nitrogens with zero attached hydrogens (tertiary/aromatic N) is 4. The first-order valence-electron chi connectivity index (χ1n) is 7.98. The Morgan fingerprint density at radius 1 is 1.48 bits per heavy atom. The molecule has 1 atom stereocenters. The Bertz CT molecular complexity index is 691. The molecule has 3 heterocycles. The second kappa shape index (κ2) is 6.54. The molecule has 0 aromatic carbocycles. The molecule has 0 unspecified atom stereocenters. The third-order valence-corrected chi connectivity index (χ3v) is 4.18. The summed E-state index contributed by atoms with van der Waals surface area (Å²) in [6.07, 6.45) is 2.72. The van der Waals surface area contributed by atoms with Crippen LogP contribution in [-0.2, 0) is 17.7 Å². The second-order valence-corrected chi connectivity index (χ2v) is 5.71. The maximum Gasteiger partial charge on any atom is 0.293 e. The molecule has 1 aliphatic rings. The van der Waals surface area contributed by atoms with Crippen molar-refractivity contribution in [3.05, 3.63) is 35.2 Å². The highest BCUT2D eigenvalue weighted by Gasteiger charge is 2.32. The molecule has 0 N–H and O–H groups in total. The van der Waals surface area contributed by atoms with Crippen LogP contribution in [0, 0.1) is 6.92 Å². The van der Waals surface area contributed by atoms with Gasteiger partial charge in [0.25, 0.3) is 5.91 Å². The van der Waals surface area contributed by atoms with Crippen LogP contribution in [-0.4, -0.2) is 45.3 Å². The van der Waals surface area contributed by atoms with Crippen LogP contribution >= 0.6 is 0 Å². The fraction of sp³-hybridized carbons (Fsp3) is 0.562. The van der Waals surface area contributed by atoms with Crippen LogP contribution in [0.1, 0.15) is 47.7 Å². The van der Waals surface area contributed by atoms with Crippen molar-refractivity contribution < 1.29 is 14.1 Å². The molecule has 0 saturated heterocycles. The molecular formula is C16H22N4O3.